The third-order valence-corrected chi connectivity index (χ3v) is 4.08. The monoisotopic (exact) mass is 324 g/mol. The van der Waals surface area contributed by atoms with E-state index in [2.05, 4.69) is 0 Å². The minimum atomic E-state index is -1.51. The Labute approximate surface area is 128 Å². The lowest BCUT2D eigenvalue weighted by Gasteiger charge is -2.44. The normalized spacial score (nSPS) is 50.0. The standard InChI is InChI=1S/C13H24O9/c1-5-12(6(19-2)3-8(15)20-5)22-13-11(18)10(17)9(16)7(4-14)21-13/h5-18H,3-4H2,1-2H3. The summed E-state index contributed by atoms with van der Waals surface area (Å²) in [4.78, 5) is 0. The zero-order chi connectivity index (χ0) is 16.4. The van der Waals surface area contributed by atoms with Crippen molar-refractivity contribution in [2.24, 2.45) is 0 Å². The summed E-state index contributed by atoms with van der Waals surface area (Å²) in [6, 6.07) is 0. The van der Waals surface area contributed by atoms with Gasteiger partial charge in [0.15, 0.2) is 12.6 Å². The third-order valence-electron chi connectivity index (χ3n) is 4.08. The fourth-order valence-electron chi connectivity index (χ4n) is 2.78. The Bertz CT molecular complexity index is 352. The zero-order valence-corrected chi connectivity index (χ0v) is 12.5. The molecule has 2 saturated heterocycles. The van der Waals surface area contributed by atoms with E-state index in [1.54, 1.807) is 6.92 Å². The van der Waals surface area contributed by atoms with Crippen molar-refractivity contribution < 1.29 is 44.5 Å². The van der Waals surface area contributed by atoms with Crippen LogP contribution in [0.25, 0.3) is 0 Å². The van der Waals surface area contributed by atoms with E-state index in [0.29, 0.717) is 0 Å². The van der Waals surface area contributed by atoms with Crippen LogP contribution in [0.2, 0.25) is 0 Å². The van der Waals surface area contributed by atoms with E-state index in [1.807, 2.05) is 0 Å². The molecule has 2 heterocycles. The molecule has 0 bridgehead atoms. The third kappa shape index (κ3) is 3.58. The highest BCUT2D eigenvalue weighted by molar-refractivity contribution is 4.91. The highest BCUT2D eigenvalue weighted by Crippen LogP contribution is 2.29. The van der Waals surface area contributed by atoms with Crippen LogP contribution >= 0.6 is 0 Å². The summed E-state index contributed by atoms with van der Waals surface area (Å²) in [7, 11) is 1.46. The van der Waals surface area contributed by atoms with Gasteiger partial charge in [-0.1, -0.05) is 0 Å². The average molecular weight is 324 g/mol. The Kier molecular flexibility index (Phi) is 6.11. The number of aliphatic hydroxyl groups is 5. The summed E-state index contributed by atoms with van der Waals surface area (Å²) in [6.07, 6.45) is -9.24. The molecule has 2 aliphatic rings. The SMILES string of the molecule is COC1CC(O)OC(C)C1OC1OC(CO)C(O)C(O)C1O. The minimum Gasteiger partial charge on any atom is -0.394 e. The van der Waals surface area contributed by atoms with Gasteiger partial charge < -0.3 is 44.5 Å². The van der Waals surface area contributed by atoms with Crippen molar-refractivity contribution in [3.05, 3.63) is 0 Å². The van der Waals surface area contributed by atoms with Crippen molar-refractivity contribution in [2.75, 3.05) is 13.7 Å². The van der Waals surface area contributed by atoms with Crippen LogP contribution in [0, 0.1) is 0 Å². The summed E-state index contributed by atoms with van der Waals surface area (Å²) in [5.41, 5.74) is 0. The fourth-order valence-corrected chi connectivity index (χ4v) is 2.78. The van der Waals surface area contributed by atoms with Crippen LogP contribution < -0.4 is 0 Å². The molecule has 2 fully saturated rings. The van der Waals surface area contributed by atoms with Gasteiger partial charge in [0.05, 0.1) is 18.8 Å². The maximum absolute atomic E-state index is 9.98. The summed E-state index contributed by atoms with van der Waals surface area (Å²) < 4.78 is 21.5. The van der Waals surface area contributed by atoms with E-state index in [1.165, 1.54) is 7.11 Å². The second kappa shape index (κ2) is 7.47. The van der Waals surface area contributed by atoms with E-state index in [-0.39, 0.29) is 6.42 Å². The van der Waals surface area contributed by atoms with Crippen LogP contribution in [0.3, 0.4) is 0 Å². The molecular formula is C13H24O9. The Morgan fingerprint density at radius 1 is 1.05 bits per heavy atom. The smallest absolute Gasteiger partial charge is 0.187 e. The van der Waals surface area contributed by atoms with Crippen LogP contribution in [-0.2, 0) is 18.9 Å². The van der Waals surface area contributed by atoms with Crippen molar-refractivity contribution >= 4 is 0 Å². The Balaban J connectivity index is 2.07. The van der Waals surface area contributed by atoms with E-state index >= 15 is 0 Å². The van der Waals surface area contributed by atoms with Crippen LogP contribution in [0.4, 0.5) is 0 Å². The van der Waals surface area contributed by atoms with Gasteiger partial charge in [-0.25, -0.2) is 0 Å². The van der Waals surface area contributed by atoms with Crippen LogP contribution in [0.15, 0.2) is 0 Å². The minimum absolute atomic E-state index is 0.183. The second-order valence-corrected chi connectivity index (χ2v) is 5.60. The van der Waals surface area contributed by atoms with Crippen LogP contribution in [-0.4, -0.2) is 94.6 Å². The molecule has 2 aliphatic heterocycles. The predicted molar refractivity (Wildman–Crippen MR) is 70.6 cm³/mol. The molecule has 0 spiro atoms. The van der Waals surface area contributed by atoms with Gasteiger partial charge in [-0.3, -0.25) is 0 Å². The molecule has 9 unspecified atom stereocenters. The second-order valence-electron chi connectivity index (χ2n) is 5.60. The molecule has 5 N–H and O–H groups in total. The summed E-state index contributed by atoms with van der Waals surface area (Å²) in [5.74, 6) is 0. The molecule has 0 aromatic heterocycles. The molecule has 9 atom stereocenters. The van der Waals surface area contributed by atoms with E-state index in [4.69, 9.17) is 24.1 Å². The summed E-state index contributed by atoms with van der Waals surface area (Å²) in [6.45, 7) is 1.14. The molecule has 0 radical (unpaired) electrons. The van der Waals surface area contributed by atoms with Crippen molar-refractivity contribution in [2.45, 2.75) is 68.7 Å². The van der Waals surface area contributed by atoms with Crippen molar-refractivity contribution in [1.29, 1.82) is 0 Å². The molecule has 22 heavy (non-hydrogen) atoms. The molecular weight excluding hydrogens is 300 g/mol. The van der Waals surface area contributed by atoms with E-state index in [9.17, 15) is 20.4 Å². The number of aliphatic hydroxyl groups excluding tert-OH is 5. The first-order valence-corrected chi connectivity index (χ1v) is 7.21. The predicted octanol–water partition coefficient (Wildman–Crippen LogP) is -2.69. The molecule has 9 nitrogen and oxygen atoms in total. The molecule has 0 saturated carbocycles. The van der Waals surface area contributed by atoms with E-state index in [0.717, 1.165) is 0 Å². The van der Waals surface area contributed by atoms with Crippen LogP contribution in [0.5, 0.6) is 0 Å². The maximum Gasteiger partial charge on any atom is 0.187 e. The van der Waals surface area contributed by atoms with Gasteiger partial charge in [-0.2, -0.15) is 0 Å². The summed E-state index contributed by atoms with van der Waals surface area (Å²) in [5, 5.41) is 48.2. The van der Waals surface area contributed by atoms with Gasteiger partial charge in [0.1, 0.15) is 30.5 Å². The number of ether oxygens (including phenoxy) is 4. The van der Waals surface area contributed by atoms with Gasteiger partial charge in [0, 0.05) is 13.5 Å². The van der Waals surface area contributed by atoms with Gasteiger partial charge in [-0.15, -0.1) is 0 Å². The quantitative estimate of drug-likeness (QED) is 0.374. The molecule has 0 aromatic rings. The molecule has 9 heteroatoms. The maximum atomic E-state index is 9.98. The highest BCUT2D eigenvalue weighted by atomic mass is 16.7. The number of hydrogen-bond donors (Lipinski definition) is 5. The van der Waals surface area contributed by atoms with Gasteiger partial charge in [0.2, 0.25) is 0 Å². The average Bonchev–Trinajstić information content (AvgIpc) is 2.49. The lowest BCUT2D eigenvalue weighted by molar-refractivity contribution is -0.340. The lowest BCUT2D eigenvalue weighted by Crippen LogP contribution is -2.61. The lowest BCUT2D eigenvalue weighted by atomic mass is 9.98. The Morgan fingerprint density at radius 3 is 2.32 bits per heavy atom. The largest absolute Gasteiger partial charge is 0.394 e. The fraction of sp³-hybridized carbons (Fsp3) is 1.00. The van der Waals surface area contributed by atoms with Crippen molar-refractivity contribution in [3.8, 4) is 0 Å². The molecule has 0 aliphatic carbocycles. The first-order valence-electron chi connectivity index (χ1n) is 7.21. The number of rotatable bonds is 4. The summed E-state index contributed by atoms with van der Waals surface area (Å²) >= 11 is 0. The molecule has 130 valence electrons. The Morgan fingerprint density at radius 2 is 1.73 bits per heavy atom. The first-order chi connectivity index (χ1) is 10.4. The highest BCUT2D eigenvalue weighted by Gasteiger charge is 2.47. The number of methoxy groups -OCH3 is 1. The molecule has 0 aromatic carbocycles. The van der Waals surface area contributed by atoms with Crippen LogP contribution in [0.1, 0.15) is 13.3 Å². The molecule has 0 amide bonds. The molecule has 2 rings (SSSR count). The topological polar surface area (TPSA) is 138 Å². The Hall–Kier alpha value is -0.360. The van der Waals surface area contributed by atoms with Crippen molar-refractivity contribution in [3.63, 3.8) is 0 Å². The number of hydrogen-bond acceptors (Lipinski definition) is 9. The van der Waals surface area contributed by atoms with Crippen molar-refractivity contribution in [1.82, 2.24) is 0 Å². The van der Waals surface area contributed by atoms with Gasteiger partial charge >= 0.3 is 0 Å². The van der Waals surface area contributed by atoms with E-state index < -0.39 is 61.9 Å². The zero-order valence-electron chi connectivity index (χ0n) is 12.5. The first kappa shape index (κ1) is 18.0. The van der Waals surface area contributed by atoms with Gasteiger partial charge in [-0.05, 0) is 6.92 Å². The van der Waals surface area contributed by atoms with Gasteiger partial charge in [0.25, 0.3) is 0 Å².